The van der Waals surface area contributed by atoms with Gasteiger partial charge < -0.3 is 40.0 Å². The zero-order valence-corrected chi connectivity index (χ0v) is 38.8. The Morgan fingerprint density at radius 3 is 1.72 bits per heavy atom. The molecule has 60 heavy (non-hydrogen) atoms. The molecule has 2 aliphatic carbocycles. The highest BCUT2D eigenvalue weighted by atomic mass is 79.9. The number of benzene rings is 2. The van der Waals surface area contributed by atoms with Crippen LogP contribution in [-0.2, 0) is 35.0 Å². The molecule has 0 atom stereocenters. The minimum absolute atomic E-state index is 0.243. The van der Waals surface area contributed by atoms with Crippen LogP contribution in [0.25, 0.3) is 11.1 Å². The van der Waals surface area contributed by atoms with Gasteiger partial charge in [0, 0.05) is 72.1 Å². The average Bonchev–Trinajstić information content (AvgIpc) is 3.94. The fourth-order valence-corrected chi connectivity index (χ4v) is 9.36. The van der Waals surface area contributed by atoms with E-state index < -0.39 is 0 Å². The molecular weight excluding hydrogens is 815 g/mol. The van der Waals surface area contributed by atoms with Gasteiger partial charge in [0.1, 0.15) is 12.2 Å². The number of nitrogens with zero attached hydrogens (tertiary/aromatic N) is 4. The van der Waals surface area contributed by atoms with Crippen LogP contribution in [0, 0.1) is 13.8 Å². The Morgan fingerprint density at radius 2 is 1.17 bits per heavy atom. The first-order valence-corrected chi connectivity index (χ1v) is 22.8. The molecule has 5 aliphatic rings. The number of aromatic nitrogens is 2. The highest BCUT2D eigenvalue weighted by molar-refractivity contribution is 9.10. The summed E-state index contributed by atoms with van der Waals surface area (Å²) in [7, 11) is 3.94. The van der Waals surface area contributed by atoms with Crippen LogP contribution in [0.3, 0.4) is 0 Å². The zero-order chi connectivity index (χ0) is 42.8. The summed E-state index contributed by atoms with van der Waals surface area (Å²) in [5.41, 5.74) is 25.1. The molecule has 2 aromatic heterocycles. The van der Waals surface area contributed by atoms with Crippen LogP contribution in [0.15, 0.2) is 53.3 Å². The standard InChI is InChI=1S/C21H27N3O.C17H27BN2O3.C10H12BrN/c1-14-12-15-4-3-5-18(15)21(22)20(14)16-6-9-23-19(13-16)25-17-7-10-24(2)11-8-17;1-16(2)17(3,4)23-18(22-16)13-6-9-19-15(12-13)21-14-7-10-20(5)11-8-14;1-6-5-7-3-2-4-8(7)10(12)9(6)11/h6,9,12-13,17H,3-5,7-8,10-11,22H2,1-2H3;6,9,12,14H,7-8,10-11H2,1-5H3;5H,2-4,12H2,1H3. The lowest BCUT2D eigenvalue weighted by Gasteiger charge is -2.32. The molecule has 0 radical (unpaired) electrons. The van der Waals surface area contributed by atoms with Gasteiger partial charge in [0.15, 0.2) is 0 Å². The van der Waals surface area contributed by atoms with Crippen LogP contribution < -0.4 is 26.4 Å². The summed E-state index contributed by atoms with van der Waals surface area (Å²) >= 11 is 3.51. The summed E-state index contributed by atoms with van der Waals surface area (Å²) in [5, 5.41) is 0. The van der Waals surface area contributed by atoms with E-state index in [0.717, 1.165) is 104 Å². The second kappa shape index (κ2) is 18.7. The second-order valence-electron chi connectivity index (χ2n) is 18.5. The molecule has 3 saturated heterocycles. The molecule has 0 saturated carbocycles. The molecule has 0 amide bonds. The van der Waals surface area contributed by atoms with E-state index in [2.05, 4.69) is 110 Å². The van der Waals surface area contributed by atoms with E-state index in [4.69, 9.17) is 30.2 Å². The molecule has 0 bridgehead atoms. The first kappa shape index (κ1) is 44.4. The number of nitrogen functional groups attached to an aromatic ring is 2. The van der Waals surface area contributed by atoms with Crippen molar-refractivity contribution >= 4 is 39.9 Å². The smallest absolute Gasteiger partial charge is 0.474 e. The molecule has 10 nitrogen and oxygen atoms in total. The van der Waals surface area contributed by atoms with Crippen molar-refractivity contribution < 1.29 is 18.8 Å². The molecule has 3 fully saturated rings. The Kier molecular flexibility index (Phi) is 13.9. The number of rotatable bonds is 6. The number of nitrogens with two attached hydrogens (primary N) is 2. The monoisotopic (exact) mass is 880 g/mol. The van der Waals surface area contributed by atoms with Crippen molar-refractivity contribution in [2.45, 2.75) is 129 Å². The largest absolute Gasteiger partial charge is 0.495 e. The van der Waals surface area contributed by atoms with Crippen molar-refractivity contribution in [1.29, 1.82) is 0 Å². The summed E-state index contributed by atoms with van der Waals surface area (Å²) in [4.78, 5) is 13.5. The average molecular weight is 882 g/mol. The Labute approximate surface area is 367 Å². The highest BCUT2D eigenvalue weighted by Crippen LogP contribution is 2.40. The van der Waals surface area contributed by atoms with Crippen LogP contribution in [0.5, 0.6) is 11.8 Å². The number of aryl methyl sites for hydroxylation is 4. The van der Waals surface area contributed by atoms with Crippen molar-refractivity contribution in [3.8, 4) is 22.9 Å². The van der Waals surface area contributed by atoms with Crippen LogP contribution >= 0.6 is 15.9 Å². The van der Waals surface area contributed by atoms with Gasteiger partial charge in [-0.3, -0.25) is 0 Å². The molecule has 4 N–H and O–H groups in total. The predicted octanol–water partition coefficient (Wildman–Crippen LogP) is 8.28. The Balaban J connectivity index is 0.000000144. The van der Waals surface area contributed by atoms with Gasteiger partial charge >= 0.3 is 7.12 Å². The topological polar surface area (TPSA) is 121 Å². The summed E-state index contributed by atoms with van der Waals surface area (Å²) in [5.74, 6) is 1.37. The van der Waals surface area contributed by atoms with Gasteiger partial charge in [-0.15, -0.1) is 0 Å². The summed E-state index contributed by atoms with van der Waals surface area (Å²) in [6.45, 7) is 16.8. The van der Waals surface area contributed by atoms with Crippen molar-refractivity contribution in [1.82, 2.24) is 19.8 Å². The molecule has 2 aromatic carbocycles. The lowest BCUT2D eigenvalue weighted by atomic mass is 9.80. The molecule has 4 aromatic rings. The van der Waals surface area contributed by atoms with E-state index in [9.17, 15) is 0 Å². The number of likely N-dealkylation sites (tertiary alicyclic amines) is 2. The van der Waals surface area contributed by atoms with Gasteiger partial charge in [-0.1, -0.05) is 12.1 Å². The SMILES string of the molecule is CN1CCC(Oc2cc(B3OC(C)(C)C(C)(C)O3)ccn2)CC1.Cc1cc2c(c(N)c1-c1ccnc(OC3CCN(C)CC3)c1)CCC2.Cc1cc2c(c(N)c1Br)CCC2. The molecule has 5 heterocycles. The lowest BCUT2D eigenvalue weighted by Crippen LogP contribution is -2.41. The minimum Gasteiger partial charge on any atom is -0.474 e. The van der Waals surface area contributed by atoms with Crippen LogP contribution in [0.4, 0.5) is 11.4 Å². The number of hydrogen-bond donors (Lipinski definition) is 2. The fourth-order valence-electron chi connectivity index (χ4n) is 9.01. The van der Waals surface area contributed by atoms with Crippen LogP contribution in [0.2, 0.25) is 0 Å². The van der Waals surface area contributed by atoms with Crippen molar-refractivity contribution in [2.24, 2.45) is 0 Å². The summed E-state index contributed by atoms with van der Waals surface area (Å²) in [6, 6.07) is 12.5. The van der Waals surface area contributed by atoms with Crippen molar-refractivity contribution in [3.63, 3.8) is 0 Å². The van der Waals surface area contributed by atoms with Gasteiger partial charge in [-0.25, -0.2) is 9.97 Å². The lowest BCUT2D eigenvalue weighted by molar-refractivity contribution is 0.00578. The van der Waals surface area contributed by atoms with E-state index in [1.807, 2.05) is 24.4 Å². The van der Waals surface area contributed by atoms with Gasteiger partial charge in [-0.2, -0.15) is 0 Å². The van der Waals surface area contributed by atoms with Crippen molar-refractivity contribution in [3.05, 3.63) is 86.6 Å². The number of anilines is 2. The third kappa shape index (κ3) is 10.2. The first-order valence-electron chi connectivity index (χ1n) is 22.0. The third-order valence-corrected chi connectivity index (χ3v) is 14.5. The van der Waals surface area contributed by atoms with E-state index in [-0.39, 0.29) is 30.5 Å². The Hall–Kier alpha value is -3.68. The quantitative estimate of drug-likeness (QED) is 0.145. The number of hydrogen-bond acceptors (Lipinski definition) is 10. The zero-order valence-electron chi connectivity index (χ0n) is 37.2. The Bertz CT molecular complexity index is 2120. The minimum atomic E-state index is -0.372. The summed E-state index contributed by atoms with van der Waals surface area (Å²) < 4.78 is 25.5. The molecular formula is C48H66BBrN6O4. The Morgan fingerprint density at radius 1 is 0.683 bits per heavy atom. The first-order chi connectivity index (χ1) is 28.6. The third-order valence-electron chi connectivity index (χ3n) is 13.4. The van der Waals surface area contributed by atoms with E-state index in [0.29, 0.717) is 11.8 Å². The summed E-state index contributed by atoms with van der Waals surface area (Å²) in [6.07, 6.45) is 15.4. The van der Waals surface area contributed by atoms with Crippen molar-refractivity contribution in [2.75, 3.05) is 51.7 Å². The molecule has 0 unspecified atom stereocenters. The van der Waals surface area contributed by atoms with Gasteiger partial charge in [0.05, 0.1) is 11.2 Å². The highest BCUT2D eigenvalue weighted by Gasteiger charge is 2.51. The maximum atomic E-state index is 6.55. The normalized spacial score (nSPS) is 20.1. The van der Waals surface area contributed by atoms with Gasteiger partial charge in [0.25, 0.3) is 0 Å². The van der Waals surface area contributed by atoms with E-state index in [1.54, 1.807) is 6.20 Å². The number of halogens is 1. The number of fused-ring (bicyclic) bond motifs is 2. The maximum absolute atomic E-state index is 6.55. The molecule has 9 rings (SSSR count). The van der Waals surface area contributed by atoms with E-state index in [1.165, 1.54) is 52.6 Å². The maximum Gasteiger partial charge on any atom is 0.495 e. The second-order valence-corrected chi connectivity index (χ2v) is 19.3. The van der Waals surface area contributed by atoms with Gasteiger partial charge in [-0.05, 0) is 192 Å². The number of pyridine rings is 2. The van der Waals surface area contributed by atoms with E-state index >= 15 is 0 Å². The molecule has 322 valence electrons. The number of ether oxygens (including phenoxy) is 2. The molecule has 12 heteroatoms. The van der Waals surface area contributed by atoms with Crippen LogP contribution in [-0.4, -0.2) is 90.6 Å². The predicted molar refractivity (Wildman–Crippen MR) is 248 cm³/mol. The molecule has 3 aliphatic heterocycles. The van der Waals surface area contributed by atoms with Crippen LogP contribution in [0.1, 0.15) is 99.6 Å². The molecule has 0 spiro atoms. The fraction of sp³-hybridized carbons (Fsp3) is 0.542. The number of piperidine rings is 2. The van der Waals surface area contributed by atoms with Gasteiger partial charge in [0.2, 0.25) is 11.8 Å².